The van der Waals surface area contributed by atoms with Crippen molar-refractivity contribution < 1.29 is 38.1 Å². The summed E-state index contributed by atoms with van der Waals surface area (Å²) in [5.41, 5.74) is 0.660. The summed E-state index contributed by atoms with van der Waals surface area (Å²) in [4.78, 5) is 48.3. The topological polar surface area (TPSA) is 141 Å². The third kappa shape index (κ3) is 8.54. The van der Waals surface area contributed by atoms with Crippen LogP contribution < -0.4 is 30.2 Å². The molecule has 2 aromatic rings. The Morgan fingerprint density at radius 2 is 1.57 bits per heavy atom. The minimum absolute atomic E-state index is 0.0863. The zero-order valence-electron chi connectivity index (χ0n) is 20.2. The van der Waals surface area contributed by atoms with E-state index < -0.39 is 29.9 Å². The Balaban J connectivity index is 1.94. The number of anilines is 1. The van der Waals surface area contributed by atoms with Gasteiger partial charge in [0.05, 0.1) is 19.8 Å². The van der Waals surface area contributed by atoms with Crippen LogP contribution in [0.25, 0.3) is 0 Å². The predicted octanol–water partition coefficient (Wildman–Crippen LogP) is 2.50. The third-order valence-electron chi connectivity index (χ3n) is 4.44. The Kier molecular flexibility index (Phi) is 9.88. The van der Waals surface area contributed by atoms with E-state index in [1.165, 1.54) is 32.2 Å². The molecule has 3 N–H and O–H groups in total. The number of rotatable bonds is 10. The van der Waals surface area contributed by atoms with Gasteiger partial charge in [-0.15, -0.1) is 0 Å². The smallest absolute Gasteiger partial charge is 0.339 e. The van der Waals surface area contributed by atoms with Crippen molar-refractivity contribution >= 4 is 29.5 Å². The van der Waals surface area contributed by atoms with E-state index in [9.17, 15) is 19.2 Å². The minimum atomic E-state index is -1.22. The average molecular weight is 488 g/mol. The fraction of sp³-hybridized carbons (Fsp3) is 0.333. The van der Waals surface area contributed by atoms with Crippen LogP contribution in [0.2, 0.25) is 0 Å². The van der Waals surface area contributed by atoms with Crippen molar-refractivity contribution in [3.63, 3.8) is 0 Å². The second-order valence-electron chi connectivity index (χ2n) is 7.60. The van der Waals surface area contributed by atoms with Crippen LogP contribution in [0.3, 0.4) is 0 Å². The Morgan fingerprint density at radius 1 is 0.886 bits per heavy atom. The van der Waals surface area contributed by atoms with Gasteiger partial charge in [0.2, 0.25) is 0 Å². The first-order valence-electron chi connectivity index (χ1n) is 10.7. The number of ether oxygens (including phenoxy) is 4. The maximum absolute atomic E-state index is 12.4. The van der Waals surface area contributed by atoms with Crippen LogP contribution in [0.1, 0.15) is 31.1 Å². The van der Waals surface area contributed by atoms with Crippen LogP contribution in [0, 0.1) is 0 Å². The molecule has 0 bridgehead atoms. The van der Waals surface area contributed by atoms with E-state index in [4.69, 9.17) is 18.9 Å². The molecule has 0 saturated carbocycles. The van der Waals surface area contributed by atoms with Gasteiger partial charge in [-0.1, -0.05) is 0 Å². The van der Waals surface area contributed by atoms with E-state index in [1.54, 1.807) is 45.2 Å². The SMILES string of the molecule is COc1ccc(NC(=O)COc2ccc(C(=O)OC(C)C(=O)NC(=O)NC(C)C)cc2OC)cc1. The van der Waals surface area contributed by atoms with Gasteiger partial charge in [0.15, 0.2) is 24.2 Å². The summed E-state index contributed by atoms with van der Waals surface area (Å²) in [6, 6.07) is 10.1. The molecule has 1 unspecified atom stereocenters. The first kappa shape index (κ1) is 27.0. The van der Waals surface area contributed by atoms with Gasteiger partial charge in [0.1, 0.15) is 5.75 Å². The van der Waals surface area contributed by atoms with Crippen molar-refractivity contribution in [2.24, 2.45) is 0 Å². The number of methoxy groups -OCH3 is 2. The van der Waals surface area contributed by atoms with Crippen LogP contribution in [-0.4, -0.2) is 56.8 Å². The molecule has 0 aliphatic carbocycles. The van der Waals surface area contributed by atoms with Gasteiger partial charge in [-0.05, 0) is 63.2 Å². The lowest BCUT2D eigenvalue weighted by Crippen LogP contribution is -2.46. The number of nitrogens with one attached hydrogen (secondary N) is 3. The van der Waals surface area contributed by atoms with Crippen molar-refractivity contribution in [1.29, 1.82) is 0 Å². The molecule has 0 fully saturated rings. The first-order chi connectivity index (χ1) is 16.6. The number of carbonyl (C=O) groups excluding carboxylic acids is 4. The van der Waals surface area contributed by atoms with E-state index in [0.29, 0.717) is 11.4 Å². The highest BCUT2D eigenvalue weighted by Gasteiger charge is 2.22. The fourth-order valence-electron chi connectivity index (χ4n) is 2.72. The second kappa shape index (κ2) is 12.8. The zero-order valence-corrected chi connectivity index (χ0v) is 20.2. The van der Waals surface area contributed by atoms with Gasteiger partial charge in [-0.2, -0.15) is 0 Å². The summed E-state index contributed by atoms with van der Waals surface area (Å²) < 4.78 is 21.0. The first-order valence-corrected chi connectivity index (χ1v) is 10.7. The van der Waals surface area contributed by atoms with E-state index in [-0.39, 0.29) is 29.7 Å². The standard InChI is InChI=1S/C24H29N3O8/c1-14(2)25-24(31)27-22(29)15(3)35-23(30)16-6-11-19(20(12-16)33-5)34-13-21(28)26-17-7-9-18(32-4)10-8-17/h6-12,14-15H,13H2,1-5H3,(H,26,28)(H2,25,27,29,31). The van der Waals surface area contributed by atoms with Crippen LogP contribution in [0.4, 0.5) is 10.5 Å². The van der Waals surface area contributed by atoms with Crippen molar-refractivity contribution in [2.45, 2.75) is 32.9 Å². The van der Waals surface area contributed by atoms with Gasteiger partial charge >= 0.3 is 12.0 Å². The molecule has 0 spiro atoms. The van der Waals surface area contributed by atoms with E-state index in [0.717, 1.165) is 0 Å². The largest absolute Gasteiger partial charge is 0.497 e. The highest BCUT2D eigenvalue weighted by Crippen LogP contribution is 2.28. The Labute approximate surface area is 203 Å². The van der Waals surface area contributed by atoms with Gasteiger partial charge < -0.3 is 29.6 Å². The van der Waals surface area contributed by atoms with Crippen molar-refractivity contribution in [3.05, 3.63) is 48.0 Å². The highest BCUT2D eigenvalue weighted by molar-refractivity contribution is 5.98. The summed E-state index contributed by atoms with van der Waals surface area (Å²) in [6.45, 7) is 4.51. The highest BCUT2D eigenvalue weighted by atomic mass is 16.5. The third-order valence-corrected chi connectivity index (χ3v) is 4.44. The molecule has 2 rings (SSSR count). The van der Waals surface area contributed by atoms with E-state index in [2.05, 4.69) is 16.0 Å². The molecule has 11 nitrogen and oxygen atoms in total. The second-order valence-corrected chi connectivity index (χ2v) is 7.60. The van der Waals surface area contributed by atoms with Crippen molar-refractivity contribution in [1.82, 2.24) is 10.6 Å². The quantitative estimate of drug-likeness (QED) is 0.434. The molecule has 0 aliphatic heterocycles. The molecular weight excluding hydrogens is 458 g/mol. The fourth-order valence-corrected chi connectivity index (χ4v) is 2.72. The van der Waals surface area contributed by atoms with Crippen molar-refractivity contribution in [2.75, 3.05) is 26.1 Å². The number of hydrogen-bond donors (Lipinski definition) is 3. The lowest BCUT2D eigenvalue weighted by atomic mass is 10.2. The number of benzene rings is 2. The molecule has 4 amide bonds. The number of hydrogen-bond acceptors (Lipinski definition) is 8. The van der Waals surface area contributed by atoms with E-state index >= 15 is 0 Å². The molecule has 2 aromatic carbocycles. The van der Waals surface area contributed by atoms with Gasteiger partial charge in [0.25, 0.3) is 11.8 Å². The summed E-state index contributed by atoms with van der Waals surface area (Å²) in [7, 11) is 2.92. The molecule has 1 atom stereocenters. The predicted molar refractivity (Wildman–Crippen MR) is 127 cm³/mol. The Hall–Kier alpha value is -4.28. The number of imide groups is 1. The molecule has 188 valence electrons. The maximum atomic E-state index is 12.4. The van der Waals surface area contributed by atoms with Gasteiger partial charge in [-0.3, -0.25) is 14.9 Å². The number of amides is 4. The monoisotopic (exact) mass is 487 g/mol. The van der Waals surface area contributed by atoms with E-state index in [1.807, 2.05) is 0 Å². The molecule has 0 radical (unpaired) electrons. The molecule has 0 aliphatic rings. The number of esters is 1. The molecule has 0 saturated heterocycles. The zero-order chi connectivity index (χ0) is 26.0. The summed E-state index contributed by atoms with van der Waals surface area (Å²) in [6.07, 6.45) is -1.22. The number of carbonyl (C=O) groups is 4. The minimum Gasteiger partial charge on any atom is -0.497 e. The summed E-state index contributed by atoms with van der Waals surface area (Å²) in [5.74, 6) is -0.906. The molecular formula is C24H29N3O8. The van der Waals surface area contributed by atoms with Gasteiger partial charge in [-0.25, -0.2) is 9.59 Å². The van der Waals surface area contributed by atoms with Crippen LogP contribution in [0.5, 0.6) is 17.2 Å². The van der Waals surface area contributed by atoms with Crippen LogP contribution in [0.15, 0.2) is 42.5 Å². The lowest BCUT2D eigenvalue weighted by molar-refractivity contribution is -0.128. The Bertz CT molecular complexity index is 1050. The van der Waals surface area contributed by atoms with Crippen LogP contribution in [-0.2, 0) is 14.3 Å². The summed E-state index contributed by atoms with van der Waals surface area (Å²) in [5, 5.41) is 7.28. The van der Waals surface area contributed by atoms with Gasteiger partial charge in [0, 0.05) is 11.7 Å². The lowest BCUT2D eigenvalue weighted by Gasteiger charge is -2.15. The number of urea groups is 1. The summed E-state index contributed by atoms with van der Waals surface area (Å²) >= 11 is 0. The van der Waals surface area contributed by atoms with Crippen LogP contribution >= 0.6 is 0 Å². The molecule has 0 aromatic heterocycles. The normalized spacial score (nSPS) is 11.1. The maximum Gasteiger partial charge on any atom is 0.339 e. The Morgan fingerprint density at radius 3 is 2.17 bits per heavy atom. The molecule has 11 heteroatoms. The molecule has 35 heavy (non-hydrogen) atoms. The molecule has 0 heterocycles. The van der Waals surface area contributed by atoms with Crippen molar-refractivity contribution in [3.8, 4) is 17.2 Å². The average Bonchev–Trinajstić information content (AvgIpc) is 2.82.